The Morgan fingerprint density at radius 2 is 1.95 bits per heavy atom. The second kappa shape index (κ2) is 5.00. The van der Waals surface area contributed by atoms with Crippen LogP contribution in [-0.4, -0.2) is 40.5 Å². The molecule has 1 aliphatic rings. The van der Waals surface area contributed by atoms with Crippen molar-refractivity contribution in [2.45, 2.75) is 6.92 Å². The van der Waals surface area contributed by atoms with E-state index < -0.39 is 0 Å². The van der Waals surface area contributed by atoms with Crippen LogP contribution in [0.5, 0.6) is 0 Å². The van der Waals surface area contributed by atoms with E-state index in [1.807, 2.05) is 13.0 Å². The highest BCUT2D eigenvalue weighted by molar-refractivity contribution is 7.09. The van der Waals surface area contributed by atoms with E-state index in [1.54, 1.807) is 6.07 Å². The topological polar surface area (TPSA) is 65.1 Å². The molecular weight excluding hydrogens is 262 g/mol. The van der Waals surface area contributed by atoms with E-state index in [1.165, 1.54) is 17.6 Å². The Labute approximate surface area is 114 Å². The van der Waals surface area contributed by atoms with Gasteiger partial charge in [0.2, 0.25) is 10.7 Å². The number of piperazine rings is 1. The van der Waals surface area contributed by atoms with Gasteiger partial charge in [0, 0.05) is 43.8 Å². The third-order valence-corrected chi connectivity index (χ3v) is 4.03. The summed E-state index contributed by atoms with van der Waals surface area (Å²) >= 11 is 1.44. The first-order valence-electron chi connectivity index (χ1n) is 6.22. The van der Waals surface area contributed by atoms with Crippen LogP contribution >= 0.6 is 11.5 Å². The number of nitrogens with zero attached hydrogens (tertiary/aromatic N) is 4. The van der Waals surface area contributed by atoms with E-state index >= 15 is 0 Å². The maximum Gasteiger partial charge on any atom is 0.249 e. The predicted octanol–water partition coefficient (Wildman–Crippen LogP) is 0.861. The van der Waals surface area contributed by atoms with Crippen LogP contribution in [0.4, 0.5) is 10.9 Å². The van der Waals surface area contributed by atoms with Gasteiger partial charge in [-0.15, -0.1) is 0 Å². The predicted molar refractivity (Wildman–Crippen MR) is 76.1 cm³/mol. The summed E-state index contributed by atoms with van der Waals surface area (Å²) in [6.45, 7) is 5.44. The molecule has 7 heteroatoms. The molecule has 0 saturated carbocycles. The van der Waals surface area contributed by atoms with E-state index in [9.17, 15) is 4.79 Å². The van der Waals surface area contributed by atoms with Crippen molar-refractivity contribution in [1.82, 2.24) is 14.3 Å². The third kappa shape index (κ3) is 2.60. The lowest BCUT2D eigenvalue weighted by atomic mass is 10.3. The Morgan fingerprint density at radius 3 is 2.58 bits per heavy atom. The van der Waals surface area contributed by atoms with Crippen LogP contribution in [0.15, 0.2) is 23.0 Å². The number of aromatic amines is 1. The molecular formula is C12H15N5OS. The number of hydrogen-bond acceptors (Lipinski definition) is 6. The molecule has 0 aliphatic carbocycles. The monoisotopic (exact) mass is 277 g/mol. The van der Waals surface area contributed by atoms with Gasteiger partial charge in [-0.25, -0.2) is 4.98 Å². The maximum atomic E-state index is 11.3. The largest absolute Gasteiger partial charge is 0.355 e. The van der Waals surface area contributed by atoms with Gasteiger partial charge >= 0.3 is 0 Å². The lowest BCUT2D eigenvalue weighted by Crippen LogP contribution is -2.47. The molecule has 0 atom stereocenters. The number of aryl methyl sites for hydroxylation is 1. The average molecular weight is 277 g/mol. The van der Waals surface area contributed by atoms with Crippen molar-refractivity contribution in [2.24, 2.45) is 0 Å². The van der Waals surface area contributed by atoms with Gasteiger partial charge in [-0.1, -0.05) is 6.07 Å². The zero-order valence-electron chi connectivity index (χ0n) is 10.7. The second-order valence-corrected chi connectivity index (χ2v) is 5.23. The minimum Gasteiger partial charge on any atom is -0.355 e. The second-order valence-electron chi connectivity index (χ2n) is 4.50. The molecule has 3 heterocycles. The van der Waals surface area contributed by atoms with Crippen LogP contribution < -0.4 is 15.4 Å². The van der Waals surface area contributed by atoms with E-state index in [4.69, 9.17) is 0 Å². The van der Waals surface area contributed by atoms with Gasteiger partial charge in [0.1, 0.15) is 11.6 Å². The minimum absolute atomic E-state index is 0.0559. The highest BCUT2D eigenvalue weighted by Gasteiger charge is 2.20. The normalized spacial score (nSPS) is 15.8. The van der Waals surface area contributed by atoms with E-state index in [0.717, 1.165) is 43.0 Å². The van der Waals surface area contributed by atoms with Gasteiger partial charge in [-0.05, 0) is 13.0 Å². The molecule has 0 unspecified atom stereocenters. The summed E-state index contributed by atoms with van der Waals surface area (Å²) in [6.07, 6.45) is 0. The van der Waals surface area contributed by atoms with E-state index in [0.29, 0.717) is 0 Å². The highest BCUT2D eigenvalue weighted by Crippen LogP contribution is 2.20. The molecule has 19 heavy (non-hydrogen) atoms. The van der Waals surface area contributed by atoms with Crippen LogP contribution in [0.1, 0.15) is 5.82 Å². The molecule has 1 fully saturated rings. The molecule has 2 aromatic rings. The fraction of sp³-hybridized carbons (Fsp3) is 0.417. The number of H-pyrrole nitrogens is 1. The molecule has 1 N–H and O–H groups in total. The van der Waals surface area contributed by atoms with Crippen molar-refractivity contribution < 1.29 is 0 Å². The number of anilines is 2. The van der Waals surface area contributed by atoms with Crippen molar-refractivity contribution in [3.63, 3.8) is 0 Å². The SMILES string of the molecule is Cc1nsc(N2CCN(c3cccc(=O)[nH]3)CC2)n1. The van der Waals surface area contributed by atoms with Crippen molar-refractivity contribution in [3.05, 3.63) is 34.4 Å². The quantitative estimate of drug-likeness (QED) is 0.882. The van der Waals surface area contributed by atoms with Crippen LogP contribution in [0.2, 0.25) is 0 Å². The lowest BCUT2D eigenvalue weighted by Gasteiger charge is -2.35. The molecule has 0 spiro atoms. The van der Waals surface area contributed by atoms with Crippen LogP contribution in [0, 0.1) is 6.92 Å². The Hall–Kier alpha value is -1.89. The first kappa shape index (κ1) is 12.2. The first-order valence-corrected chi connectivity index (χ1v) is 6.99. The Balaban J connectivity index is 1.68. The molecule has 0 amide bonds. The Morgan fingerprint density at radius 1 is 1.21 bits per heavy atom. The van der Waals surface area contributed by atoms with Gasteiger partial charge in [0.25, 0.3) is 0 Å². The standard InChI is InChI=1S/C12H15N5OS/c1-9-13-12(19-15-9)17-7-5-16(6-8-17)10-3-2-4-11(18)14-10/h2-4H,5-8H2,1H3,(H,14,18). The molecule has 6 nitrogen and oxygen atoms in total. The van der Waals surface area contributed by atoms with Crippen molar-refractivity contribution in [3.8, 4) is 0 Å². The summed E-state index contributed by atoms with van der Waals surface area (Å²) in [6, 6.07) is 5.25. The molecule has 0 bridgehead atoms. The lowest BCUT2D eigenvalue weighted by molar-refractivity contribution is 0.645. The molecule has 0 aromatic carbocycles. The molecule has 100 valence electrons. The molecule has 1 aliphatic heterocycles. The summed E-state index contributed by atoms with van der Waals surface area (Å²) in [7, 11) is 0. The third-order valence-electron chi connectivity index (χ3n) is 3.16. The zero-order valence-corrected chi connectivity index (χ0v) is 11.5. The Kier molecular flexibility index (Phi) is 3.20. The van der Waals surface area contributed by atoms with Gasteiger partial charge in [-0.3, -0.25) is 4.79 Å². The summed E-state index contributed by atoms with van der Waals surface area (Å²) in [4.78, 5) is 23.0. The number of pyridine rings is 1. The maximum absolute atomic E-state index is 11.3. The highest BCUT2D eigenvalue weighted by atomic mass is 32.1. The van der Waals surface area contributed by atoms with Crippen LogP contribution in [0.25, 0.3) is 0 Å². The molecule has 0 radical (unpaired) electrons. The van der Waals surface area contributed by atoms with Crippen LogP contribution in [-0.2, 0) is 0 Å². The fourth-order valence-corrected chi connectivity index (χ4v) is 2.90. The zero-order chi connectivity index (χ0) is 13.2. The van der Waals surface area contributed by atoms with Gasteiger partial charge < -0.3 is 14.8 Å². The molecule has 2 aromatic heterocycles. The molecule has 1 saturated heterocycles. The van der Waals surface area contributed by atoms with Gasteiger partial charge in [0.05, 0.1) is 0 Å². The van der Waals surface area contributed by atoms with Gasteiger partial charge in [0.15, 0.2) is 0 Å². The van der Waals surface area contributed by atoms with Crippen molar-refractivity contribution in [2.75, 3.05) is 36.0 Å². The minimum atomic E-state index is -0.0559. The van der Waals surface area contributed by atoms with Gasteiger partial charge in [-0.2, -0.15) is 4.37 Å². The number of hydrogen-bond donors (Lipinski definition) is 1. The molecule has 3 rings (SSSR count). The summed E-state index contributed by atoms with van der Waals surface area (Å²) in [5, 5.41) is 0.985. The number of nitrogens with one attached hydrogen (secondary N) is 1. The summed E-state index contributed by atoms with van der Waals surface area (Å²) < 4.78 is 4.21. The fourth-order valence-electron chi connectivity index (χ4n) is 2.17. The number of aromatic nitrogens is 3. The summed E-state index contributed by atoms with van der Waals surface area (Å²) in [5.74, 6) is 1.72. The smallest absolute Gasteiger partial charge is 0.249 e. The summed E-state index contributed by atoms with van der Waals surface area (Å²) in [5.41, 5.74) is -0.0559. The average Bonchev–Trinajstić information content (AvgIpc) is 2.86. The van der Waals surface area contributed by atoms with Crippen LogP contribution in [0.3, 0.4) is 0 Å². The Bertz CT molecular complexity index is 614. The number of rotatable bonds is 2. The van der Waals surface area contributed by atoms with E-state index in [-0.39, 0.29) is 5.56 Å². The first-order chi connectivity index (χ1) is 9.22. The van der Waals surface area contributed by atoms with Crippen molar-refractivity contribution >= 4 is 22.5 Å². The van der Waals surface area contributed by atoms with E-state index in [2.05, 4.69) is 24.1 Å². The van der Waals surface area contributed by atoms with Crippen molar-refractivity contribution in [1.29, 1.82) is 0 Å².